The molecule has 3 nitrogen and oxygen atoms in total. The molecule has 0 bridgehead atoms. The first-order valence-electron chi connectivity index (χ1n) is 5.54. The zero-order chi connectivity index (χ0) is 11.2. The molecule has 82 valence electrons. The fraction of sp³-hybridized carbons (Fsp3) is 0.417. The normalized spacial score (nSPS) is 34.4. The minimum Gasteiger partial charge on any atom is -0.250 e. The molecule has 1 spiro atoms. The van der Waals surface area contributed by atoms with Crippen LogP contribution in [0.1, 0.15) is 19.8 Å². The summed E-state index contributed by atoms with van der Waals surface area (Å²) >= 11 is 6.07. The van der Waals surface area contributed by atoms with E-state index in [2.05, 4.69) is 40.1 Å². The van der Waals surface area contributed by atoms with Crippen LogP contribution in [0.15, 0.2) is 38.9 Å². The number of hydrogen-bond acceptors (Lipinski definition) is 3. The van der Waals surface area contributed by atoms with Crippen molar-refractivity contribution in [3.8, 4) is 0 Å². The molecular weight excluding hydrogens is 222 g/mol. The molecule has 1 aliphatic carbocycles. The first kappa shape index (κ1) is 9.97. The van der Waals surface area contributed by atoms with Crippen molar-refractivity contribution in [3.63, 3.8) is 0 Å². The van der Waals surface area contributed by atoms with Crippen molar-refractivity contribution in [2.24, 2.45) is 20.9 Å². The van der Waals surface area contributed by atoms with Gasteiger partial charge in [0.05, 0.1) is 5.70 Å². The fourth-order valence-electron chi connectivity index (χ4n) is 2.38. The predicted octanol–water partition coefficient (Wildman–Crippen LogP) is 2.73. The Morgan fingerprint density at radius 2 is 2.38 bits per heavy atom. The van der Waals surface area contributed by atoms with Gasteiger partial charge in [0.1, 0.15) is 12.1 Å². The molecule has 16 heavy (non-hydrogen) atoms. The minimum atomic E-state index is -0.485. The molecule has 0 N–H and O–H groups in total. The summed E-state index contributed by atoms with van der Waals surface area (Å²) in [6.07, 6.45) is 10.3. The highest BCUT2D eigenvalue weighted by atomic mass is 35.5. The zero-order valence-corrected chi connectivity index (χ0v) is 9.78. The molecule has 2 heterocycles. The summed E-state index contributed by atoms with van der Waals surface area (Å²) in [5.41, 5.74) is 1.22. The van der Waals surface area contributed by atoms with Crippen LogP contribution in [-0.2, 0) is 0 Å². The lowest BCUT2D eigenvalue weighted by molar-refractivity contribution is 0.654. The van der Waals surface area contributed by atoms with E-state index in [0.717, 1.165) is 24.3 Å². The van der Waals surface area contributed by atoms with Crippen molar-refractivity contribution in [2.75, 3.05) is 0 Å². The summed E-state index contributed by atoms with van der Waals surface area (Å²) in [4.78, 5) is 13.0. The minimum absolute atomic E-state index is 0.453. The number of allylic oxidation sites excluding steroid dienone is 2. The summed E-state index contributed by atoms with van der Waals surface area (Å²) in [6.45, 7) is 2.18. The first-order chi connectivity index (χ1) is 7.76. The molecule has 0 aromatic heterocycles. The lowest BCUT2D eigenvalue weighted by Crippen LogP contribution is -2.34. The second-order valence-corrected chi connectivity index (χ2v) is 4.61. The summed E-state index contributed by atoms with van der Waals surface area (Å²) in [5, 5.41) is 0.477. The monoisotopic (exact) mass is 233 g/mol. The second-order valence-electron chi connectivity index (χ2n) is 4.25. The SMILES string of the molecule is CCCC1C=CC23N=CN=C2C(Cl)=NC3=C1. The van der Waals surface area contributed by atoms with Crippen molar-refractivity contribution in [3.05, 3.63) is 23.9 Å². The van der Waals surface area contributed by atoms with Gasteiger partial charge in [-0.15, -0.1) is 0 Å². The van der Waals surface area contributed by atoms with Crippen LogP contribution in [0.5, 0.6) is 0 Å². The summed E-state index contributed by atoms with van der Waals surface area (Å²) in [7, 11) is 0. The molecule has 0 amide bonds. The van der Waals surface area contributed by atoms with Gasteiger partial charge in [-0.2, -0.15) is 0 Å². The van der Waals surface area contributed by atoms with Gasteiger partial charge in [0.25, 0.3) is 0 Å². The van der Waals surface area contributed by atoms with E-state index in [-0.39, 0.29) is 0 Å². The van der Waals surface area contributed by atoms with Gasteiger partial charge < -0.3 is 0 Å². The molecule has 3 aliphatic rings. The van der Waals surface area contributed by atoms with E-state index in [9.17, 15) is 0 Å². The van der Waals surface area contributed by atoms with E-state index >= 15 is 0 Å². The van der Waals surface area contributed by atoms with Gasteiger partial charge in [-0.25, -0.2) is 15.0 Å². The van der Waals surface area contributed by atoms with Gasteiger partial charge >= 0.3 is 0 Å². The lowest BCUT2D eigenvalue weighted by Gasteiger charge is -2.24. The highest BCUT2D eigenvalue weighted by Gasteiger charge is 2.47. The third-order valence-corrected chi connectivity index (χ3v) is 3.46. The van der Waals surface area contributed by atoms with Gasteiger partial charge in [-0.05, 0) is 18.4 Å². The third kappa shape index (κ3) is 1.18. The van der Waals surface area contributed by atoms with Gasteiger partial charge in [-0.1, -0.05) is 37.1 Å². The average Bonchev–Trinajstić information content (AvgIpc) is 2.77. The highest BCUT2D eigenvalue weighted by molar-refractivity contribution is 6.86. The third-order valence-electron chi connectivity index (χ3n) is 3.19. The van der Waals surface area contributed by atoms with Crippen molar-refractivity contribution in [1.82, 2.24) is 0 Å². The average molecular weight is 234 g/mol. The van der Waals surface area contributed by atoms with E-state index in [4.69, 9.17) is 11.6 Å². The van der Waals surface area contributed by atoms with E-state index in [1.54, 1.807) is 6.34 Å². The van der Waals surface area contributed by atoms with Crippen LogP contribution < -0.4 is 0 Å². The molecule has 0 fully saturated rings. The smallest absolute Gasteiger partial charge is 0.167 e. The van der Waals surface area contributed by atoms with Gasteiger partial charge in [0.15, 0.2) is 10.7 Å². The number of nitrogens with zero attached hydrogens (tertiary/aromatic N) is 3. The van der Waals surface area contributed by atoms with Crippen LogP contribution >= 0.6 is 11.6 Å². The van der Waals surface area contributed by atoms with Gasteiger partial charge in [0.2, 0.25) is 0 Å². The van der Waals surface area contributed by atoms with Crippen LogP contribution in [0.4, 0.5) is 0 Å². The molecule has 0 saturated carbocycles. The maximum atomic E-state index is 6.07. The summed E-state index contributed by atoms with van der Waals surface area (Å²) < 4.78 is 0. The fourth-order valence-corrected chi connectivity index (χ4v) is 2.67. The number of halogens is 1. The van der Waals surface area contributed by atoms with E-state index in [0.29, 0.717) is 11.1 Å². The first-order valence-corrected chi connectivity index (χ1v) is 5.92. The van der Waals surface area contributed by atoms with Gasteiger partial charge in [0, 0.05) is 0 Å². The molecule has 4 heteroatoms. The largest absolute Gasteiger partial charge is 0.250 e. The van der Waals surface area contributed by atoms with Crippen molar-refractivity contribution in [1.29, 1.82) is 0 Å². The maximum Gasteiger partial charge on any atom is 0.167 e. The van der Waals surface area contributed by atoms with Crippen LogP contribution in [0.25, 0.3) is 0 Å². The van der Waals surface area contributed by atoms with Crippen molar-refractivity contribution < 1.29 is 0 Å². The van der Waals surface area contributed by atoms with E-state index in [1.807, 2.05) is 0 Å². The Kier molecular flexibility index (Phi) is 2.11. The number of hydrogen-bond donors (Lipinski definition) is 0. The van der Waals surface area contributed by atoms with Gasteiger partial charge in [-0.3, -0.25) is 0 Å². The predicted molar refractivity (Wildman–Crippen MR) is 67.6 cm³/mol. The Labute approximate surface area is 99.3 Å². The highest BCUT2D eigenvalue weighted by Crippen LogP contribution is 2.40. The molecule has 0 aromatic rings. The zero-order valence-electron chi connectivity index (χ0n) is 9.02. The van der Waals surface area contributed by atoms with Crippen molar-refractivity contribution in [2.45, 2.75) is 25.3 Å². The Morgan fingerprint density at radius 1 is 1.50 bits per heavy atom. The second kappa shape index (κ2) is 3.39. The summed E-state index contributed by atoms with van der Waals surface area (Å²) in [5.74, 6) is 0.453. The van der Waals surface area contributed by atoms with Crippen LogP contribution in [-0.4, -0.2) is 22.8 Å². The Hall–Kier alpha value is -1.22. The Bertz CT molecular complexity index is 484. The quantitative estimate of drug-likeness (QED) is 0.658. The van der Waals surface area contributed by atoms with Crippen LogP contribution in [0.3, 0.4) is 0 Å². The van der Waals surface area contributed by atoms with Crippen LogP contribution in [0, 0.1) is 5.92 Å². The molecular formula is C12H12ClN3. The Morgan fingerprint density at radius 3 is 3.19 bits per heavy atom. The molecule has 0 aromatic carbocycles. The van der Waals surface area contributed by atoms with Crippen molar-refractivity contribution >= 4 is 28.8 Å². The molecule has 0 radical (unpaired) electrons. The van der Waals surface area contributed by atoms with E-state index < -0.39 is 5.54 Å². The molecule has 2 atom stereocenters. The lowest BCUT2D eigenvalue weighted by atomic mass is 9.84. The molecule has 3 rings (SSSR count). The van der Waals surface area contributed by atoms with E-state index in [1.165, 1.54) is 0 Å². The number of rotatable bonds is 2. The van der Waals surface area contributed by atoms with Crippen LogP contribution in [0.2, 0.25) is 0 Å². The Balaban J connectivity index is 2.03. The topological polar surface area (TPSA) is 37.1 Å². The molecule has 2 aliphatic heterocycles. The number of aliphatic imine (C=N–C) groups is 3. The maximum absolute atomic E-state index is 6.07. The molecule has 0 saturated heterocycles. The standard InChI is InChI=1S/C12H12ClN3/c1-2-3-8-4-5-12-9(6-8)16-11(13)10(12)14-7-15-12/h4-8H,2-3H2,1H3. The summed E-state index contributed by atoms with van der Waals surface area (Å²) in [6, 6.07) is 0. The molecule has 2 unspecified atom stereocenters.